The minimum atomic E-state index is -0.884. The van der Waals surface area contributed by atoms with Crippen LogP contribution in [-0.4, -0.2) is 29.1 Å². The van der Waals surface area contributed by atoms with Crippen LogP contribution in [0, 0.1) is 17.6 Å². The zero-order valence-electron chi connectivity index (χ0n) is 11.4. The number of halogens is 2. The molecule has 1 aromatic rings. The summed E-state index contributed by atoms with van der Waals surface area (Å²) >= 11 is 0. The first-order valence-electron chi connectivity index (χ1n) is 6.28. The van der Waals surface area contributed by atoms with Crippen molar-refractivity contribution < 1.29 is 18.7 Å². The van der Waals surface area contributed by atoms with E-state index in [1.165, 1.54) is 12.1 Å². The highest BCUT2D eigenvalue weighted by molar-refractivity contribution is 5.69. The van der Waals surface area contributed by atoms with Gasteiger partial charge in [0.2, 0.25) is 0 Å². The number of carboxylic acids is 1. The minimum Gasteiger partial charge on any atom is -0.481 e. The average Bonchev–Trinajstić information content (AvgIpc) is 2.34. The molecule has 0 aromatic heterocycles. The topological polar surface area (TPSA) is 40.5 Å². The molecule has 0 radical (unpaired) electrons. The molecule has 5 heteroatoms. The van der Waals surface area contributed by atoms with Gasteiger partial charge in [-0.3, -0.25) is 9.69 Å². The first-order valence-corrected chi connectivity index (χ1v) is 6.28. The summed E-state index contributed by atoms with van der Waals surface area (Å²) in [5, 5.41) is 8.92. The second-order valence-corrected chi connectivity index (χ2v) is 4.67. The standard InChI is InChI=1S/C14H19F2NO2/c1-4-17(8-9(2)14(18)19)10(3)12-6-5-11(15)7-13(12)16/h5-7,9-10H,4,8H2,1-3H3,(H,18,19). The van der Waals surface area contributed by atoms with Gasteiger partial charge in [-0.2, -0.15) is 0 Å². The minimum absolute atomic E-state index is 0.299. The average molecular weight is 271 g/mol. The van der Waals surface area contributed by atoms with Crippen LogP contribution < -0.4 is 0 Å². The Kier molecular flexibility index (Phi) is 5.42. The lowest BCUT2D eigenvalue weighted by Gasteiger charge is -2.29. The Bertz CT molecular complexity index is 451. The Labute approximate surface area is 111 Å². The lowest BCUT2D eigenvalue weighted by atomic mass is 10.0. The third kappa shape index (κ3) is 3.99. The number of carboxylic acid groups (broad SMARTS) is 1. The maximum atomic E-state index is 13.7. The van der Waals surface area contributed by atoms with Gasteiger partial charge in [0.25, 0.3) is 0 Å². The van der Waals surface area contributed by atoms with Crippen LogP contribution in [0.25, 0.3) is 0 Å². The smallest absolute Gasteiger partial charge is 0.307 e. The molecule has 2 unspecified atom stereocenters. The summed E-state index contributed by atoms with van der Waals surface area (Å²) in [6.07, 6.45) is 0. The van der Waals surface area contributed by atoms with Crippen molar-refractivity contribution in [2.75, 3.05) is 13.1 Å². The van der Waals surface area contributed by atoms with Crippen LogP contribution in [-0.2, 0) is 4.79 Å². The molecular formula is C14H19F2NO2. The summed E-state index contributed by atoms with van der Waals surface area (Å²) in [6, 6.07) is 3.17. The number of rotatable bonds is 6. The summed E-state index contributed by atoms with van der Waals surface area (Å²) in [5.74, 6) is -2.64. The normalized spacial score (nSPS) is 14.4. The highest BCUT2D eigenvalue weighted by Crippen LogP contribution is 2.24. The fraction of sp³-hybridized carbons (Fsp3) is 0.500. The first-order chi connectivity index (χ1) is 8.86. The Morgan fingerprint density at radius 2 is 2.00 bits per heavy atom. The van der Waals surface area contributed by atoms with Crippen molar-refractivity contribution in [1.29, 1.82) is 0 Å². The molecule has 0 spiro atoms. The van der Waals surface area contributed by atoms with E-state index in [0.29, 0.717) is 18.7 Å². The van der Waals surface area contributed by atoms with Gasteiger partial charge in [-0.15, -0.1) is 0 Å². The van der Waals surface area contributed by atoms with Crippen LogP contribution in [0.15, 0.2) is 18.2 Å². The van der Waals surface area contributed by atoms with Crippen molar-refractivity contribution >= 4 is 5.97 Å². The van der Waals surface area contributed by atoms with Gasteiger partial charge in [-0.25, -0.2) is 8.78 Å². The molecule has 0 saturated heterocycles. The van der Waals surface area contributed by atoms with Gasteiger partial charge in [0.1, 0.15) is 11.6 Å². The van der Waals surface area contributed by atoms with E-state index in [4.69, 9.17) is 5.11 Å². The molecule has 0 bridgehead atoms. The highest BCUT2D eigenvalue weighted by atomic mass is 19.1. The van der Waals surface area contributed by atoms with E-state index in [-0.39, 0.29) is 6.04 Å². The van der Waals surface area contributed by atoms with Crippen molar-refractivity contribution in [2.24, 2.45) is 5.92 Å². The molecule has 0 fully saturated rings. The molecule has 0 aliphatic carbocycles. The van der Waals surface area contributed by atoms with Gasteiger partial charge in [-0.05, 0) is 19.5 Å². The highest BCUT2D eigenvalue weighted by Gasteiger charge is 2.22. The zero-order chi connectivity index (χ0) is 14.6. The summed E-state index contributed by atoms with van der Waals surface area (Å²) in [7, 11) is 0. The van der Waals surface area contributed by atoms with E-state index in [2.05, 4.69) is 0 Å². The molecule has 19 heavy (non-hydrogen) atoms. The fourth-order valence-electron chi connectivity index (χ4n) is 2.03. The van der Waals surface area contributed by atoms with E-state index < -0.39 is 23.5 Å². The van der Waals surface area contributed by atoms with E-state index >= 15 is 0 Å². The zero-order valence-corrected chi connectivity index (χ0v) is 11.4. The molecule has 3 nitrogen and oxygen atoms in total. The van der Waals surface area contributed by atoms with E-state index in [1.54, 1.807) is 13.8 Å². The maximum absolute atomic E-state index is 13.7. The number of hydrogen-bond acceptors (Lipinski definition) is 2. The van der Waals surface area contributed by atoms with Crippen molar-refractivity contribution in [3.8, 4) is 0 Å². The lowest BCUT2D eigenvalue weighted by molar-refractivity contribution is -0.141. The van der Waals surface area contributed by atoms with Gasteiger partial charge < -0.3 is 5.11 Å². The summed E-state index contributed by atoms with van der Waals surface area (Å²) in [6.45, 7) is 6.19. The van der Waals surface area contributed by atoms with Gasteiger partial charge in [-0.1, -0.05) is 19.9 Å². The molecule has 106 valence electrons. The Morgan fingerprint density at radius 1 is 1.37 bits per heavy atom. The van der Waals surface area contributed by atoms with Crippen LogP contribution in [0.3, 0.4) is 0 Å². The number of carbonyl (C=O) groups is 1. The Balaban J connectivity index is 2.88. The van der Waals surface area contributed by atoms with E-state index in [9.17, 15) is 13.6 Å². The SMILES string of the molecule is CCN(CC(C)C(=O)O)C(C)c1ccc(F)cc1F. The van der Waals surface area contributed by atoms with Crippen LogP contribution in [0.5, 0.6) is 0 Å². The van der Waals surface area contributed by atoms with E-state index in [0.717, 1.165) is 6.07 Å². The number of benzene rings is 1. The fourth-order valence-corrected chi connectivity index (χ4v) is 2.03. The molecule has 1 N–H and O–H groups in total. The van der Waals surface area contributed by atoms with Crippen molar-refractivity contribution in [3.63, 3.8) is 0 Å². The molecule has 0 heterocycles. The quantitative estimate of drug-likeness (QED) is 0.864. The summed E-state index contributed by atoms with van der Waals surface area (Å²) < 4.78 is 26.6. The molecule has 0 saturated carbocycles. The van der Waals surface area contributed by atoms with Crippen LogP contribution >= 0.6 is 0 Å². The van der Waals surface area contributed by atoms with Gasteiger partial charge in [0.05, 0.1) is 5.92 Å². The predicted molar refractivity (Wildman–Crippen MR) is 68.8 cm³/mol. The second kappa shape index (κ2) is 6.61. The van der Waals surface area contributed by atoms with Crippen LogP contribution in [0.1, 0.15) is 32.4 Å². The molecule has 1 aromatic carbocycles. The summed E-state index contributed by atoms with van der Waals surface area (Å²) in [4.78, 5) is 12.7. The molecule has 0 aliphatic rings. The number of nitrogens with zero attached hydrogens (tertiary/aromatic N) is 1. The van der Waals surface area contributed by atoms with Crippen molar-refractivity contribution in [3.05, 3.63) is 35.4 Å². The largest absolute Gasteiger partial charge is 0.481 e. The second-order valence-electron chi connectivity index (χ2n) is 4.67. The van der Waals surface area contributed by atoms with E-state index in [1.807, 2.05) is 11.8 Å². The van der Waals surface area contributed by atoms with Crippen molar-refractivity contribution in [2.45, 2.75) is 26.8 Å². The molecule has 1 rings (SSSR count). The molecular weight excluding hydrogens is 252 g/mol. The van der Waals surface area contributed by atoms with Crippen LogP contribution in [0.2, 0.25) is 0 Å². The van der Waals surface area contributed by atoms with Gasteiger partial charge in [0.15, 0.2) is 0 Å². The monoisotopic (exact) mass is 271 g/mol. The lowest BCUT2D eigenvalue weighted by Crippen LogP contribution is -2.34. The maximum Gasteiger partial charge on any atom is 0.307 e. The number of hydrogen-bond donors (Lipinski definition) is 1. The third-order valence-electron chi connectivity index (χ3n) is 3.30. The molecule has 0 aliphatic heterocycles. The van der Waals surface area contributed by atoms with Gasteiger partial charge in [0, 0.05) is 24.2 Å². The van der Waals surface area contributed by atoms with Gasteiger partial charge >= 0.3 is 5.97 Å². The third-order valence-corrected chi connectivity index (χ3v) is 3.30. The van der Waals surface area contributed by atoms with Crippen LogP contribution in [0.4, 0.5) is 8.78 Å². The molecule has 2 atom stereocenters. The van der Waals surface area contributed by atoms with Crippen molar-refractivity contribution in [1.82, 2.24) is 4.90 Å². The molecule has 0 amide bonds. The Morgan fingerprint density at radius 3 is 2.47 bits per heavy atom. The number of aliphatic carboxylic acids is 1. The predicted octanol–water partition coefficient (Wildman–Crippen LogP) is 3.07. The Hall–Kier alpha value is -1.49. The summed E-state index contributed by atoms with van der Waals surface area (Å²) in [5.41, 5.74) is 0.376. The first kappa shape index (κ1) is 15.6.